The van der Waals surface area contributed by atoms with Crippen LogP contribution in [0.1, 0.15) is 22.3 Å². The fourth-order valence-corrected chi connectivity index (χ4v) is 11.1. The number of rotatable bonds is 8. The first-order valence-electron chi connectivity index (χ1n) is 23.4. The average molecular weight is 868 g/mol. The van der Waals surface area contributed by atoms with Gasteiger partial charge in [0.05, 0.1) is 16.8 Å². The van der Waals surface area contributed by atoms with Crippen LogP contribution in [0.3, 0.4) is 0 Å². The fraction of sp³-hybridized carbons (Fsp3) is 0.0154. The predicted octanol–water partition coefficient (Wildman–Crippen LogP) is 17.6. The summed E-state index contributed by atoms with van der Waals surface area (Å²) < 4.78 is 0. The summed E-state index contributed by atoms with van der Waals surface area (Å²) >= 11 is 0. The second-order valence-corrected chi connectivity index (χ2v) is 17.7. The van der Waals surface area contributed by atoms with Gasteiger partial charge in [-0.15, -0.1) is 0 Å². The molecule has 0 bridgehead atoms. The van der Waals surface area contributed by atoms with Crippen molar-refractivity contribution in [3.8, 4) is 22.3 Å². The Morgan fingerprint density at radius 1 is 0.265 bits per heavy atom. The molecule has 1 aliphatic heterocycles. The highest BCUT2D eigenvalue weighted by Crippen LogP contribution is 2.64. The number of anilines is 9. The van der Waals surface area contributed by atoms with Gasteiger partial charge in [0, 0.05) is 39.8 Å². The molecular formula is C65H45N3. The van der Waals surface area contributed by atoms with Gasteiger partial charge in [0.15, 0.2) is 0 Å². The van der Waals surface area contributed by atoms with Crippen molar-refractivity contribution in [2.75, 3.05) is 14.7 Å². The summed E-state index contributed by atoms with van der Waals surface area (Å²) in [5.41, 5.74) is 19.2. The summed E-state index contributed by atoms with van der Waals surface area (Å²) in [7, 11) is 0. The first-order valence-corrected chi connectivity index (χ1v) is 23.4. The van der Waals surface area contributed by atoms with Crippen LogP contribution in [-0.4, -0.2) is 0 Å². The summed E-state index contributed by atoms with van der Waals surface area (Å²) in [5.74, 6) is 0. The first kappa shape index (κ1) is 39.4. The number of fused-ring (bicyclic) bond motifs is 10. The minimum absolute atomic E-state index is 0.694. The van der Waals surface area contributed by atoms with Crippen molar-refractivity contribution in [3.63, 3.8) is 0 Å². The first-order chi connectivity index (χ1) is 33.7. The van der Waals surface area contributed by atoms with Gasteiger partial charge in [-0.3, -0.25) is 0 Å². The Morgan fingerprint density at radius 2 is 0.662 bits per heavy atom. The van der Waals surface area contributed by atoms with E-state index in [-0.39, 0.29) is 0 Å². The molecule has 0 radical (unpaired) electrons. The molecule has 3 nitrogen and oxygen atoms in total. The second-order valence-electron chi connectivity index (χ2n) is 17.7. The summed E-state index contributed by atoms with van der Waals surface area (Å²) in [6.07, 6.45) is 0. The quantitative estimate of drug-likeness (QED) is 0.151. The Bertz CT molecular complexity index is 3580. The van der Waals surface area contributed by atoms with Crippen LogP contribution in [0.4, 0.5) is 51.2 Å². The Morgan fingerprint density at radius 3 is 1.24 bits per heavy atom. The van der Waals surface area contributed by atoms with Gasteiger partial charge in [-0.25, -0.2) is 0 Å². The maximum atomic E-state index is 2.49. The van der Waals surface area contributed by atoms with Crippen molar-refractivity contribution >= 4 is 62.0 Å². The van der Waals surface area contributed by atoms with Crippen LogP contribution in [0.25, 0.3) is 33.0 Å². The van der Waals surface area contributed by atoms with E-state index in [1.807, 2.05) is 0 Å². The predicted molar refractivity (Wildman–Crippen MR) is 284 cm³/mol. The molecule has 11 aromatic carbocycles. The van der Waals surface area contributed by atoms with Crippen molar-refractivity contribution in [1.82, 2.24) is 0 Å². The van der Waals surface area contributed by atoms with E-state index in [1.165, 1.54) is 55.3 Å². The molecule has 2 aliphatic rings. The molecule has 68 heavy (non-hydrogen) atoms. The van der Waals surface area contributed by atoms with Gasteiger partial charge in [-0.2, -0.15) is 0 Å². The van der Waals surface area contributed by atoms with E-state index >= 15 is 0 Å². The van der Waals surface area contributed by atoms with Crippen LogP contribution >= 0.6 is 0 Å². The van der Waals surface area contributed by atoms with Crippen molar-refractivity contribution < 1.29 is 0 Å². The Labute approximate surface area is 397 Å². The summed E-state index contributed by atoms with van der Waals surface area (Å²) in [6, 6.07) is 100.0. The van der Waals surface area contributed by atoms with Gasteiger partial charge in [0.25, 0.3) is 0 Å². The standard InChI is InChI=1S/C65H45N3/c1-5-19-46(20-6-1)48-33-36-53(37-34-48)66(50-23-7-2-8-24-50)55-39-41-57-58-42-40-56(67(51-25-9-3-10-26-51)54-38-35-47-21-13-14-22-49(47)43-54)45-62(58)65(61(57)44-55)59-29-15-17-31-63(59)68(52-27-11-4-12-28-52)64-32-18-16-30-60(64)65/h1-45H. The van der Waals surface area contributed by atoms with Crippen LogP contribution in [0.15, 0.2) is 273 Å². The molecule has 0 unspecified atom stereocenters. The molecule has 0 saturated heterocycles. The highest BCUT2D eigenvalue weighted by Gasteiger charge is 2.52. The van der Waals surface area contributed by atoms with Gasteiger partial charge < -0.3 is 14.7 Å². The van der Waals surface area contributed by atoms with E-state index in [0.29, 0.717) is 0 Å². The average Bonchev–Trinajstić information content (AvgIpc) is 3.69. The fourth-order valence-electron chi connectivity index (χ4n) is 11.1. The third-order valence-corrected chi connectivity index (χ3v) is 14.0. The third-order valence-electron chi connectivity index (χ3n) is 14.0. The van der Waals surface area contributed by atoms with E-state index in [1.54, 1.807) is 0 Å². The van der Waals surface area contributed by atoms with Gasteiger partial charge in [-0.1, -0.05) is 176 Å². The lowest BCUT2D eigenvalue weighted by Gasteiger charge is -2.45. The Kier molecular flexibility index (Phi) is 9.40. The maximum Gasteiger partial charge on any atom is 0.0755 e. The lowest BCUT2D eigenvalue weighted by Crippen LogP contribution is -2.36. The minimum Gasteiger partial charge on any atom is -0.310 e. The normalized spacial score (nSPS) is 12.8. The van der Waals surface area contributed by atoms with E-state index in [4.69, 9.17) is 0 Å². The molecule has 1 aliphatic carbocycles. The van der Waals surface area contributed by atoms with Crippen LogP contribution in [-0.2, 0) is 5.41 Å². The smallest absolute Gasteiger partial charge is 0.0755 e. The van der Waals surface area contributed by atoms with E-state index in [2.05, 4.69) is 288 Å². The molecular weight excluding hydrogens is 823 g/mol. The molecule has 320 valence electrons. The lowest BCUT2D eigenvalue weighted by atomic mass is 9.64. The van der Waals surface area contributed by atoms with Crippen LogP contribution < -0.4 is 14.7 Å². The Balaban J connectivity index is 1.08. The zero-order chi connectivity index (χ0) is 45.0. The number of hydrogen-bond acceptors (Lipinski definition) is 3. The topological polar surface area (TPSA) is 9.72 Å². The van der Waals surface area contributed by atoms with E-state index in [9.17, 15) is 0 Å². The van der Waals surface area contributed by atoms with Crippen LogP contribution in [0, 0.1) is 0 Å². The zero-order valence-corrected chi connectivity index (χ0v) is 37.3. The van der Waals surface area contributed by atoms with Gasteiger partial charge in [-0.05, 0) is 152 Å². The molecule has 0 fully saturated rings. The summed E-state index contributed by atoms with van der Waals surface area (Å²) in [6.45, 7) is 0. The summed E-state index contributed by atoms with van der Waals surface area (Å²) in [5, 5.41) is 2.43. The molecule has 0 atom stereocenters. The molecule has 1 spiro atoms. The zero-order valence-electron chi connectivity index (χ0n) is 37.3. The van der Waals surface area contributed by atoms with Crippen LogP contribution in [0.2, 0.25) is 0 Å². The van der Waals surface area contributed by atoms with Gasteiger partial charge in [0.2, 0.25) is 0 Å². The van der Waals surface area contributed by atoms with Crippen molar-refractivity contribution in [2.45, 2.75) is 5.41 Å². The molecule has 0 aromatic heterocycles. The van der Waals surface area contributed by atoms with Crippen molar-refractivity contribution in [3.05, 3.63) is 295 Å². The highest BCUT2D eigenvalue weighted by atomic mass is 15.2. The molecule has 0 N–H and O–H groups in total. The number of para-hydroxylation sites is 5. The lowest BCUT2D eigenvalue weighted by molar-refractivity contribution is 0.752. The second kappa shape index (κ2) is 16.2. The minimum atomic E-state index is -0.694. The van der Waals surface area contributed by atoms with E-state index in [0.717, 1.165) is 51.2 Å². The van der Waals surface area contributed by atoms with Crippen molar-refractivity contribution in [1.29, 1.82) is 0 Å². The molecule has 0 amide bonds. The van der Waals surface area contributed by atoms with Gasteiger partial charge >= 0.3 is 0 Å². The number of benzene rings is 11. The number of nitrogens with zero attached hydrogens (tertiary/aromatic N) is 3. The molecule has 0 saturated carbocycles. The molecule has 11 aromatic rings. The third kappa shape index (κ3) is 6.28. The highest BCUT2D eigenvalue weighted by molar-refractivity contribution is 5.98. The monoisotopic (exact) mass is 867 g/mol. The van der Waals surface area contributed by atoms with Gasteiger partial charge in [0.1, 0.15) is 0 Å². The van der Waals surface area contributed by atoms with Crippen molar-refractivity contribution in [2.24, 2.45) is 0 Å². The van der Waals surface area contributed by atoms with E-state index < -0.39 is 5.41 Å². The number of hydrogen-bond donors (Lipinski definition) is 0. The molecule has 13 rings (SSSR count). The molecule has 3 heteroatoms. The summed E-state index contributed by atoms with van der Waals surface area (Å²) in [4.78, 5) is 7.28. The maximum absolute atomic E-state index is 2.49. The Hall–Kier alpha value is -8.92. The largest absolute Gasteiger partial charge is 0.310 e. The van der Waals surface area contributed by atoms with Crippen LogP contribution in [0.5, 0.6) is 0 Å². The molecule has 1 heterocycles. The SMILES string of the molecule is c1ccc(-c2ccc(N(c3ccccc3)c3ccc4c(c3)C3(c5cc(N(c6ccccc6)c6ccc7ccccc7c6)ccc5-4)c4ccccc4N(c4ccccc4)c4ccccc43)cc2)cc1.